The average Bonchev–Trinajstić information content (AvgIpc) is 2.39. The Labute approximate surface area is 102 Å². The van der Waals surface area contributed by atoms with Crippen LogP contribution >= 0.6 is 0 Å². The highest BCUT2D eigenvalue weighted by Crippen LogP contribution is 2.14. The molecule has 5 nitrogen and oxygen atoms in total. The van der Waals surface area contributed by atoms with Gasteiger partial charge in [0.1, 0.15) is 12.1 Å². The molecule has 0 amide bonds. The summed E-state index contributed by atoms with van der Waals surface area (Å²) in [5.41, 5.74) is 0. The predicted molar refractivity (Wildman–Crippen MR) is 67.3 cm³/mol. The van der Waals surface area contributed by atoms with Gasteiger partial charge in [-0.25, -0.2) is 9.97 Å². The van der Waals surface area contributed by atoms with Crippen molar-refractivity contribution in [3.63, 3.8) is 0 Å². The van der Waals surface area contributed by atoms with Gasteiger partial charge in [-0.2, -0.15) is 0 Å². The standard InChI is InChI=1S/C12H20N4O/c1-2-17-12-6-11(15-9-16-12)14-8-10-4-3-5-13-7-10/h6,9-10,13H,2-5,7-8H2,1H3,(H,14,15,16)/t10-/m1/s1. The van der Waals surface area contributed by atoms with E-state index in [1.165, 1.54) is 19.2 Å². The van der Waals surface area contributed by atoms with Crippen LogP contribution in [0.25, 0.3) is 0 Å². The maximum absolute atomic E-state index is 5.33. The molecule has 17 heavy (non-hydrogen) atoms. The van der Waals surface area contributed by atoms with Gasteiger partial charge in [-0.05, 0) is 38.8 Å². The lowest BCUT2D eigenvalue weighted by molar-refractivity contribution is 0.326. The number of ether oxygens (including phenoxy) is 1. The summed E-state index contributed by atoms with van der Waals surface area (Å²) in [6.45, 7) is 5.77. The van der Waals surface area contributed by atoms with E-state index in [1.54, 1.807) is 0 Å². The molecule has 1 fully saturated rings. The van der Waals surface area contributed by atoms with Crippen molar-refractivity contribution in [1.29, 1.82) is 0 Å². The first-order valence-corrected chi connectivity index (χ1v) is 6.28. The van der Waals surface area contributed by atoms with Gasteiger partial charge in [0.2, 0.25) is 5.88 Å². The molecule has 1 aliphatic heterocycles. The molecule has 0 aliphatic carbocycles. The summed E-state index contributed by atoms with van der Waals surface area (Å²) in [4.78, 5) is 8.22. The molecule has 0 aromatic carbocycles. The molecule has 2 rings (SSSR count). The maximum atomic E-state index is 5.33. The summed E-state index contributed by atoms with van der Waals surface area (Å²) in [7, 11) is 0. The molecule has 1 aliphatic rings. The molecule has 1 aromatic heterocycles. The Balaban J connectivity index is 1.83. The van der Waals surface area contributed by atoms with Gasteiger partial charge in [0.25, 0.3) is 0 Å². The van der Waals surface area contributed by atoms with E-state index in [-0.39, 0.29) is 0 Å². The molecule has 5 heteroatoms. The number of piperidine rings is 1. The molecule has 94 valence electrons. The van der Waals surface area contributed by atoms with Crippen molar-refractivity contribution in [3.05, 3.63) is 12.4 Å². The van der Waals surface area contributed by atoms with Crippen molar-refractivity contribution < 1.29 is 4.74 Å². The second kappa shape index (κ2) is 6.39. The van der Waals surface area contributed by atoms with Gasteiger partial charge in [0.15, 0.2) is 0 Å². The van der Waals surface area contributed by atoms with Gasteiger partial charge in [0, 0.05) is 12.6 Å². The molecule has 1 atom stereocenters. The normalized spacial score (nSPS) is 19.9. The third-order valence-corrected chi connectivity index (χ3v) is 2.91. The van der Waals surface area contributed by atoms with E-state index >= 15 is 0 Å². The number of nitrogens with zero attached hydrogens (tertiary/aromatic N) is 2. The molecule has 0 bridgehead atoms. The molecule has 0 spiro atoms. The third kappa shape index (κ3) is 3.85. The number of hydrogen-bond donors (Lipinski definition) is 2. The first-order chi connectivity index (χ1) is 8.38. The minimum atomic E-state index is 0.628. The van der Waals surface area contributed by atoms with Gasteiger partial charge >= 0.3 is 0 Å². The van der Waals surface area contributed by atoms with Crippen molar-refractivity contribution in [2.24, 2.45) is 5.92 Å². The van der Waals surface area contributed by atoms with E-state index in [4.69, 9.17) is 4.74 Å². The van der Waals surface area contributed by atoms with Crippen molar-refractivity contribution in [3.8, 4) is 5.88 Å². The van der Waals surface area contributed by atoms with Gasteiger partial charge in [-0.3, -0.25) is 0 Å². The Kier molecular flexibility index (Phi) is 4.55. The Morgan fingerprint density at radius 1 is 1.53 bits per heavy atom. The van der Waals surface area contributed by atoms with Gasteiger partial charge in [-0.1, -0.05) is 0 Å². The minimum absolute atomic E-state index is 0.628. The van der Waals surface area contributed by atoms with Crippen LogP contribution in [0.1, 0.15) is 19.8 Å². The number of hydrogen-bond acceptors (Lipinski definition) is 5. The Hall–Kier alpha value is -1.36. The van der Waals surface area contributed by atoms with E-state index in [0.717, 1.165) is 25.5 Å². The summed E-state index contributed by atoms with van der Waals surface area (Å²) < 4.78 is 5.33. The summed E-state index contributed by atoms with van der Waals surface area (Å²) in [6, 6.07) is 1.85. The van der Waals surface area contributed by atoms with Crippen molar-refractivity contribution in [2.75, 3.05) is 31.6 Å². The average molecular weight is 236 g/mol. The highest BCUT2D eigenvalue weighted by Gasteiger charge is 2.12. The quantitative estimate of drug-likeness (QED) is 0.806. The van der Waals surface area contributed by atoms with Crippen LogP contribution in [0.2, 0.25) is 0 Å². The van der Waals surface area contributed by atoms with Gasteiger partial charge in [-0.15, -0.1) is 0 Å². The van der Waals surface area contributed by atoms with Crippen LogP contribution < -0.4 is 15.4 Å². The fourth-order valence-corrected chi connectivity index (χ4v) is 2.01. The molecule has 1 aromatic rings. The molecule has 0 saturated carbocycles. The molecular weight excluding hydrogens is 216 g/mol. The highest BCUT2D eigenvalue weighted by molar-refractivity contribution is 5.37. The van der Waals surface area contributed by atoms with E-state index in [1.807, 2.05) is 13.0 Å². The molecule has 2 heterocycles. The largest absolute Gasteiger partial charge is 0.478 e. The minimum Gasteiger partial charge on any atom is -0.478 e. The van der Waals surface area contributed by atoms with Crippen LogP contribution in [0.5, 0.6) is 5.88 Å². The zero-order valence-corrected chi connectivity index (χ0v) is 10.3. The number of anilines is 1. The number of nitrogens with one attached hydrogen (secondary N) is 2. The Morgan fingerprint density at radius 3 is 3.24 bits per heavy atom. The van der Waals surface area contributed by atoms with E-state index in [9.17, 15) is 0 Å². The number of aromatic nitrogens is 2. The fraction of sp³-hybridized carbons (Fsp3) is 0.667. The summed E-state index contributed by atoms with van der Waals surface area (Å²) >= 11 is 0. The molecular formula is C12H20N4O. The van der Waals surface area contributed by atoms with Crippen molar-refractivity contribution >= 4 is 5.82 Å². The second-order valence-electron chi connectivity index (χ2n) is 4.27. The SMILES string of the molecule is CCOc1cc(NC[C@@H]2CCCNC2)ncn1. The molecule has 1 saturated heterocycles. The maximum Gasteiger partial charge on any atom is 0.218 e. The Bertz CT molecular complexity index is 339. The van der Waals surface area contributed by atoms with E-state index < -0.39 is 0 Å². The van der Waals surface area contributed by atoms with Crippen LogP contribution in [0.4, 0.5) is 5.82 Å². The molecule has 2 N–H and O–H groups in total. The second-order valence-corrected chi connectivity index (χ2v) is 4.27. The smallest absolute Gasteiger partial charge is 0.218 e. The monoisotopic (exact) mass is 236 g/mol. The summed E-state index contributed by atoms with van der Waals surface area (Å²) in [6.07, 6.45) is 4.08. The van der Waals surface area contributed by atoms with Crippen LogP contribution in [-0.4, -0.2) is 36.2 Å². The van der Waals surface area contributed by atoms with Crippen LogP contribution in [-0.2, 0) is 0 Å². The number of rotatable bonds is 5. The first kappa shape index (κ1) is 12.1. The highest BCUT2D eigenvalue weighted by atomic mass is 16.5. The lowest BCUT2D eigenvalue weighted by atomic mass is 10.00. The molecule has 0 unspecified atom stereocenters. The fourth-order valence-electron chi connectivity index (χ4n) is 2.01. The van der Waals surface area contributed by atoms with Crippen LogP contribution in [0.15, 0.2) is 12.4 Å². The summed E-state index contributed by atoms with van der Waals surface area (Å²) in [5.74, 6) is 2.16. The zero-order valence-electron chi connectivity index (χ0n) is 10.3. The third-order valence-electron chi connectivity index (χ3n) is 2.91. The first-order valence-electron chi connectivity index (χ1n) is 6.28. The molecule has 0 radical (unpaired) electrons. The van der Waals surface area contributed by atoms with Crippen molar-refractivity contribution in [2.45, 2.75) is 19.8 Å². The van der Waals surface area contributed by atoms with Crippen LogP contribution in [0, 0.1) is 5.92 Å². The topological polar surface area (TPSA) is 59.1 Å². The lowest BCUT2D eigenvalue weighted by Gasteiger charge is -2.23. The van der Waals surface area contributed by atoms with Crippen LogP contribution in [0.3, 0.4) is 0 Å². The van der Waals surface area contributed by atoms with E-state index in [0.29, 0.717) is 18.4 Å². The summed E-state index contributed by atoms with van der Waals surface area (Å²) in [5, 5.41) is 6.75. The zero-order chi connectivity index (χ0) is 11.9. The lowest BCUT2D eigenvalue weighted by Crippen LogP contribution is -2.33. The predicted octanol–water partition coefficient (Wildman–Crippen LogP) is 1.29. The van der Waals surface area contributed by atoms with E-state index in [2.05, 4.69) is 20.6 Å². The van der Waals surface area contributed by atoms with Crippen molar-refractivity contribution in [1.82, 2.24) is 15.3 Å². The Morgan fingerprint density at radius 2 is 2.47 bits per heavy atom. The van der Waals surface area contributed by atoms with Gasteiger partial charge in [0.05, 0.1) is 6.61 Å². The van der Waals surface area contributed by atoms with Gasteiger partial charge < -0.3 is 15.4 Å².